The predicted octanol–water partition coefficient (Wildman–Crippen LogP) is 3.15. The molecule has 148 valence electrons. The summed E-state index contributed by atoms with van der Waals surface area (Å²) < 4.78 is 10.5. The molecule has 5 rings (SSSR count). The van der Waals surface area contributed by atoms with Crippen LogP contribution in [0, 0.1) is 0 Å². The van der Waals surface area contributed by atoms with Gasteiger partial charge in [0.1, 0.15) is 16.9 Å². The summed E-state index contributed by atoms with van der Waals surface area (Å²) in [6, 6.07) is 7.95. The predicted molar refractivity (Wildman–Crippen MR) is 107 cm³/mol. The molecule has 1 aliphatic heterocycles. The van der Waals surface area contributed by atoms with Gasteiger partial charge in [0.15, 0.2) is 0 Å². The number of nitrogens with one attached hydrogen (secondary N) is 1. The van der Waals surface area contributed by atoms with E-state index in [1.54, 1.807) is 29.5 Å². The van der Waals surface area contributed by atoms with Crippen molar-refractivity contribution < 1.29 is 18.7 Å². The molecule has 3 aromatic rings. The van der Waals surface area contributed by atoms with E-state index in [0.29, 0.717) is 28.7 Å². The zero-order valence-corrected chi connectivity index (χ0v) is 16.5. The van der Waals surface area contributed by atoms with Gasteiger partial charge in [0.05, 0.1) is 13.7 Å². The third-order valence-corrected chi connectivity index (χ3v) is 6.68. The second-order valence-electron chi connectivity index (χ2n) is 7.29. The highest BCUT2D eigenvalue weighted by Crippen LogP contribution is 2.42. The average Bonchev–Trinajstić information content (AvgIpc) is 3.28. The minimum absolute atomic E-state index is 0.000313. The Bertz CT molecular complexity index is 1210. The Hall–Kier alpha value is -3.13. The Labute approximate surface area is 169 Å². The number of hydrogen-bond donors (Lipinski definition) is 1. The Morgan fingerprint density at radius 2 is 2.10 bits per heavy atom. The van der Waals surface area contributed by atoms with Crippen LogP contribution in [0.3, 0.4) is 0 Å². The summed E-state index contributed by atoms with van der Waals surface area (Å²) in [6.45, 7) is 0.000313. The number of thiophene rings is 1. The molecule has 1 spiro atoms. The van der Waals surface area contributed by atoms with Crippen molar-refractivity contribution in [2.45, 2.75) is 31.3 Å². The van der Waals surface area contributed by atoms with E-state index >= 15 is 0 Å². The van der Waals surface area contributed by atoms with Crippen LogP contribution in [0.4, 0.5) is 4.79 Å². The van der Waals surface area contributed by atoms with Crippen LogP contribution in [0.15, 0.2) is 44.9 Å². The van der Waals surface area contributed by atoms with Gasteiger partial charge in [-0.2, -0.15) is 0 Å². The molecule has 1 saturated heterocycles. The number of methoxy groups -OCH3 is 1. The molecule has 1 fully saturated rings. The number of ether oxygens (including phenoxy) is 1. The first-order chi connectivity index (χ1) is 14.0. The van der Waals surface area contributed by atoms with Crippen molar-refractivity contribution in [2.75, 3.05) is 7.11 Å². The Morgan fingerprint density at radius 3 is 2.93 bits per heavy atom. The van der Waals surface area contributed by atoms with Crippen molar-refractivity contribution in [3.8, 4) is 5.75 Å². The number of rotatable bonds is 3. The van der Waals surface area contributed by atoms with Crippen LogP contribution in [0.2, 0.25) is 0 Å². The third kappa shape index (κ3) is 2.66. The van der Waals surface area contributed by atoms with E-state index in [1.807, 2.05) is 11.4 Å². The van der Waals surface area contributed by atoms with Crippen LogP contribution in [0.5, 0.6) is 5.75 Å². The van der Waals surface area contributed by atoms with Gasteiger partial charge in [0.25, 0.3) is 5.91 Å². The molecule has 3 amide bonds. The molecule has 1 aliphatic carbocycles. The number of carbonyl (C=O) groups is 2. The van der Waals surface area contributed by atoms with Crippen molar-refractivity contribution in [3.05, 3.63) is 62.1 Å². The molecule has 2 aliphatic rings. The molecule has 8 heteroatoms. The second-order valence-corrected chi connectivity index (χ2v) is 8.29. The molecule has 29 heavy (non-hydrogen) atoms. The van der Waals surface area contributed by atoms with E-state index in [1.165, 1.54) is 18.1 Å². The molecule has 1 atom stereocenters. The summed E-state index contributed by atoms with van der Waals surface area (Å²) in [7, 11) is 1.53. The van der Waals surface area contributed by atoms with Gasteiger partial charge < -0.3 is 14.5 Å². The van der Waals surface area contributed by atoms with E-state index in [4.69, 9.17) is 9.15 Å². The van der Waals surface area contributed by atoms with Gasteiger partial charge >= 0.3 is 11.7 Å². The Balaban J connectivity index is 1.55. The molecule has 1 N–H and O–H groups in total. The lowest BCUT2D eigenvalue weighted by Gasteiger charge is -2.31. The fraction of sp³-hybridized carbons (Fsp3) is 0.286. The minimum Gasteiger partial charge on any atom is -0.497 e. The van der Waals surface area contributed by atoms with Crippen LogP contribution >= 0.6 is 11.3 Å². The van der Waals surface area contributed by atoms with Crippen molar-refractivity contribution in [1.29, 1.82) is 0 Å². The van der Waals surface area contributed by atoms with Gasteiger partial charge in [-0.3, -0.25) is 9.69 Å². The highest BCUT2D eigenvalue weighted by molar-refractivity contribution is 7.10. The maximum atomic E-state index is 13.4. The fourth-order valence-electron chi connectivity index (χ4n) is 4.32. The first-order valence-corrected chi connectivity index (χ1v) is 10.2. The summed E-state index contributed by atoms with van der Waals surface area (Å²) in [5, 5.41) is 5.56. The SMILES string of the molecule is COc1ccc2c(CN3C(=O)NC4(CCCc5sccc54)C3=O)cc(=O)oc2c1. The molecule has 0 saturated carbocycles. The quantitative estimate of drug-likeness (QED) is 0.529. The van der Waals surface area contributed by atoms with Crippen molar-refractivity contribution in [3.63, 3.8) is 0 Å². The number of aryl methyl sites for hydroxylation is 1. The highest BCUT2D eigenvalue weighted by atomic mass is 32.1. The number of amides is 3. The van der Waals surface area contributed by atoms with Crippen LogP contribution in [0.25, 0.3) is 11.0 Å². The lowest BCUT2D eigenvalue weighted by Crippen LogP contribution is -2.46. The number of benzene rings is 1. The van der Waals surface area contributed by atoms with E-state index in [2.05, 4.69) is 5.32 Å². The molecule has 0 bridgehead atoms. The zero-order valence-electron chi connectivity index (χ0n) is 15.7. The largest absolute Gasteiger partial charge is 0.497 e. The van der Waals surface area contributed by atoms with Crippen LogP contribution in [-0.2, 0) is 23.3 Å². The van der Waals surface area contributed by atoms with Crippen LogP contribution < -0.4 is 15.7 Å². The first-order valence-electron chi connectivity index (χ1n) is 9.33. The zero-order chi connectivity index (χ0) is 20.2. The second kappa shape index (κ2) is 6.45. The highest BCUT2D eigenvalue weighted by Gasteiger charge is 2.54. The summed E-state index contributed by atoms with van der Waals surface area (Å²) >= 11 is 1.61. The number of urea groups is 1. The Morgan fingerprint density at radius 1 is 1.24 bits per heavy atom. The number of nitrogens with zero attached hydrogens (tertiary/aromatic N) is 1. The number of fused-ring (bicyclic) bond motifs is 3. The Kier molecular flexibility index (Phi) is 3.99. The lowest BCUT2D eigenvalue weighted by atomic mass is 9.80. The lowest BCUT2D eigenvalue weighted by molar-refractivity contribution is -0.132. The maximum absolute atomic E-state index is 13.4. The molecule has 2 aromatic heterocycles. The van der Waals surface area contributed by atoms with Gasteiger partial charge in [0.2, 0.25) is 0 Å². The van der Waals surface area contributed by atoms with Gasteiger partial charge in [-0.15, -0.1) is 11.3 Å². The number of carbonyl (C=O) groups excluding carboxylic acids is 2. The molecular weight excluding hydrogens is 392 g/mol. The van der Waals surface area contributed by atoms with Gasteiger partial charge in [-0.05, 0) is 48.4 Å². The normalized spacial score (nSPS) is 20.9. The smallest absolute Gasteiger partial charge is 0.336 e. The standard InChI is InChI=1S/C21H18N2O5S/c1-27-13-4-5-14-12(9-18(24)28-16(14)10-13)11-23-19(25)21(22-20(23)26)7-2-3-17-15(21)6-8-29-17/h4-6,8-10H,2-3,7,11H2,1H3,(H,22,26). The van der Waals surface area contributed by atoms with E-state index in [9.17, 15) is 14.4 Å². The molecule has 1 aromatic carbocycles. The van der Waals surface area contributed by atoms with Crippen molar-refractivity contribution >= 4 is 34.2 Å². The third-order valence-electron chi connectivity index (χ3n) is 5.70. The summed E-state index contributed by atoms with van der Waals surface area (Å²) in [5.74, 6) is 0.288. The molecule has 1 unspecified atom stereocenters. The van der Waals surface area contributed by atoms with Crippen LogP contribution in [-0.4, -0.2) is 23.9 Å². The topological polar surface area (TPSA) is 88.9 Å². The monoisotopic (exact) mass is 410 g/mol. The number of hydrogen-bond acceptors (Lipinski definition) is 6. The summed E-state index contributed by atoms with van der Waals surface area (Å²) in [6.07, 6.45) is 2.34. The molecule has 0 radical (unpaired) electrons. The number of imide groups is 1. The van der Waals surface area contributed by atoms with Crippen molar-refractivity contribution in [1.82, 2.24) is 10.2 Å². The summed E-state index contributed by atoms with van der Waals surface area (Å²) in [5.41, 5.74) is 0.271. The minimum atomic E-state index is -0.997. The van der Waals surface area contributed by atoms with E-state index in [0.717, 1.165) is 23.3 Å². The summed E-state index contributed by atoms with van der Waals surface area (Å²) in [4.78, 5) is 40.6. The first kappa shape index (κ1) is 17.9. The van der Waals surface area contributed by atoms with Gasteiger partial charge in [-0.25, -0.2) is 9.59 Å². The maximum Gasteiger partial charge on any atom is 0.336 e. The molecule has 3 heterocycles. The fourth-order valence-corrected chi connectivity index (χ4v) is 5.32. The van der Waals surface area contributed by atoms with E-state index < -0.39 is 17.2 Å². The average molecular weight is 410 g/mol. The van der Waals surface area contributed by atoms with Gasteiger partial charge in [0, 0.05) is 28.0 Å². The molecular formula is C21H18N2O5S. The van der Waals surface area contributed by atoms with E-state index in [-0.39, 0.29) is 12.5 Å². The van der Waals surface area contributed by atoms with Crippen molar-refractivity contribution in [2.24, 2.45) is 0 Å². The molecule has 7 nitrogen and oxygen atoms in total. The van der Waals surface area contributed by atoms with Crippen LogP contribution in [0.1, 0.15) is 28.8 Å². The van der Waals surface area contributed by atoms with Gasteiger partial charge in [-0.1, -0.05) is 0 Å².